The van der Waals surface area contributed by atoms with E-state index < -0.39 is 5.54 Å². The van der Waals surface area contributed by atoms with E-state index >= 15 is 0 Å². The molecule has 0 fully saturated rings. The van der Waals surface area contributed by atoms with Gasteiger partial charge in [0.25, 0.3) is 0 Å². The summed E-state index contributed by atoms with van der Waals surface area (Å²) in [7, 11) is 0. The quantitative estimate of drug-likeness (QED) is 0.766. The van der Waals surface area contributed by atoms with Gasteiger partial charge in [-0.3, -0.25) is 4.79 Å². The monoisotopic (exact) mass is 199 g/mol. The summed E-state index contributed by atoms with van der Waals surface area (Å²) in [6, 6.07) is 0. The van der Waals surface area contributed by atoms with Crippen LogP contribution in [0, 0.1) is 6.92 Å². The Morgan fingerprint density at radius 3 is 2.69 bits per heavy atom. The van der Waals surface area contributed by atoms with Crippen LogP contribution in [0.15, 0.2) is 5.38 Å². The molecule has 0 saturated carbocycles. The second kappa shape index (κ2) is 3.33. The molecule has 13 heavy (non-hydrogen) atoms. The van der Waals surface area contributed by atoms with Crippen LogP contribution < -0.4 is 11.1 Å². The Hall–Kier alpha value is -1.10. The van der Waals surface area contributed by atoms with Crippen molar-refractivity contribution in [3.05, 3.63) is 11.1 Å². The normalized spacial score (nSPS) is 11.3. The van der Waals surface area contributed by atoms with Crippen molar-refractivity contribution in [2.75, 3.05) is 5.32 Å². The molecule has 0 aliphatic carbocycles. The molecular formula is C8H13N3OS. The van der Waals surface area contributed by atoms with Crippen LogP contribution in [-0.2, 0) is 4.79 Å². The van der Waals surface area contributed by atoms with Gasteiger partial charge in [-0.05, 0) is 20.8 Å². The summed E-state index contributed by atoms with van der Waals surface area (Å²) in [5.74, 6) is -0.389. The predicted octanol–water partition coefficient (Wildman–Crippen LogP) is 1.13. The lowest BCUT2D eigenvalue weighted by molar-refractivity contribution is -0.121. The van der Waals surface area contributed by atoms with E-state index in [9.17, 15) is 4.79 Å². The summed E-state index contributed by atoms with van der Waals surface area (Å²) in [5.41, 5.74) is 5.39. The number of nitrogens with two attached hydrogens (primary N) is 1. The molecule has 0 aliphatic rings. The summed E-state index contributed by atoms with van der Waals surface area (Å²) in [6.45, 7) is 5.36. The summed E-state index contributed by atoms with van der Waals surface area (Å²) < 4.78 is 0. The van der Waals surface area contributed by atoms with Gasteiger partial charge < -0.3 is 11.1 Å². The average molecular weight is 199 g/mol. The smallest absolute Gasteiger partial charge is 0.242 e. The van der Waals surface area contributed by atoms with Crippen molar-refractivity contribution in [2.45, 2.75) is 26.3 Å². The van der Waals surface area contributed by atoms with E-state index in [0.29, 0.717) is 0 Å². The van der Waals surface area contributed by atoms with Gasteiger partial charge in [0.05, 0.1) is 5.69 Å². The molecule has 72 valence electrons. The van der Waals surface area contributed by atoms with Crippen molar-refractivity contribution in [2.24, 2.45) is 5.73 Å². The highest BCUT2D eigenvalue weighted by Gasteiger charge is 2.25. The summed E-state index contributed by atoms with van der Waals surface area (Å²) in [5, 5.41) is 5.61. The zero-order chi connectivity index (χ0) is 10.1. The number of hydrogen-bond donors (Lipinski definition) is 2. The third kappa shape index (κ3) is 2.42. The van der Waals surface area contributed by atoms with Crippen LogP contribution in [0.5, 0.6) is 0 Å². The minimum absolute atomic E-state index is 0.389. The van der Waals surface area contributed by atoms with Crippen LogP contribution in [0.25, 0.3) is 0 Å². The number of aryl methyl sites for hydroxylation is 1. The first-order chi connectivity index (χ1) is 5.92. The molecule has 0 spiro atoms. The van der Waals surface area contributed by atoms with Gasteiger partial charge in [-0.15, -0.1) is 11.3 Å². The van der Waals surface area contributed by atoms with Gasteiger partial charge in [0, 0.05) is 5.38 Å². The first kappa shape index (κ1) is 9.98. The van der Waals surface area contributed by atoms with E-state index in [4.69, 9.17) is 5.73 Å². The van der Waals surface area contributed by atoms with Crippen molar-refractivity contribution in [1.82, 2.24) is 4.98 Å². The second-order valence-corrected chi connectivity index (χ2v) is 4.27. The van der Waals surface area contributed by atoms with Gasteiger partial charge in [-0.2, -0.15) is 0 Å². The molecule has 0 bridgehead atoms. The number of hydrogen-bond acceptors (Lipinski definition) is 4. The number of nitrogens with one attached hydrogen (secondary N) is 1. The highest BCUT2D eigenvalue weighted by molar-refractivity contribution is 7.13. The third-order valence-electron chi connectivity index (χ3n) is 1.65. The Labute approximate surface area is 81.2 Å². The molecule has 1 amide bonds. The van der Waals surface area contributed by atoms with E-state index in [1.807, 2.05) is 12.3 Å². The molecule has 1 aromatic rings. The Balaban J connectivity index is 2.74. The summed E-state index contributed by atoms with van der Waals surface area (Å²) >= 11 is 1.46. The number of amides is 1. The van der Waals surface area contributed by atoms with Crippen LogP contribution in [-0.4, -0.2) is 16.4 Å². The maximum atomic E-state index is 11.0. The maximum Gasteiger partial charge on any atom is 0.242 e. The topological polar surface area (TPSA) is 68.0 Å². The maximum absolute atomic E-state index is 11.0. The van der Waals surface area contributed by atoms with E-state index in [2.05, 4.69) is 10.3 Å². The minimum Gasteiger partial charge on any atom is -0.368 e. The average Bonchev–Trinajstić information content (AvgIpc) is 2.34. The minimum atomic E-state index is -0.746. The van der Waals surface area contributed by atoms with Crippen LogP contribution in [0.2, 0.25) is 0 Å². The number of carbonyl (C=O) groups is 1. The SMILES string of the molecule is Cc1csc(NC(C)(C)C(N)=O)n1. The van der Waals surface area contributed by atoms with Gasteiger partial charge >= 0.3 is 0 Å². The van der Waals surface area contributed by atoms with E-state index in [1.165, 1.54) is 11.3 Å². The molecule has 0 aromatic carbocycles. The number of rotatable bonds is 3. The molecule has 4 nitrogen and oxygen atoms in total. The van der Waals surface area contributed by atoms with Gasteiger partial charge in [0.15, 0.2) is 5.13 Å². The van der Waals surface area contributed by atoms with Gasteiger partial charge in [-0.25, -0.2) is 4.98 Å². The zero-order valence-electron chi connectivity index (χ0n) is 7.92. The van der Waals surface area contributed by atoms with Crippen LogP contribution in [0.1, 0.15) is 19.5 Å². The Kier molecular flexibility index (Phi) is 2.56. The molecule has 1 rings (SSSR count). The predicted molar refractivity (Wildman–Crippen MR) is 53.7 cm³/mol. The number of thiazole rings is 1. The molecule has 0 atom stereocenters. The summed E-state index contributed by atoms with van der Waals surface area (Å²) in [6.07, 6.45) is 0. The molecule has 3 N–H and O–H groups in total. The van der Waals surface area contributed by atoms with E-state index in [-0.39, 0.29) is 5.91 Å². The molecule has 5 heteroatoms. The van der Waals surface area contributed by atoms with Crippen molar-refractivity contribution < 1.29 is 4.79 Å². The number of aromatic nitrogens is 1. The standard InChI is InChI=1S/C8H13N3OS/c1-5-4-13-7(10-5)11-8(2,3)6(9)12/h4H,1-3H3,(H2,9,12)(H,10,11). The number of primary amides is 1. The van der Waals surface area contributed by atoms with Crippen LogP contribution in [0.4, 0.5) is 5.13 Å². The fourth-order valence-electron chi connectivity index (χ4n) is 0.740. The molecule has 1 aromatic heterocycles. The van der Waals surface area contributed by atoms with E-state index in [0.717, 1.165) is 10.8 Å². The Morgan fingerprint density at radius 1 is 1.69 bits per heavy atom. The van der Waals surface area contributed by atoms with Crippen LogP contribution >= 0.6 is 11.3 Å². The fraction of sp³-hybridized carbons (Fsp3) is 0.500. The fourth-order valence-corrected chi connectivity index (χ4v) is 1.59. The lowest BCUT2D eigenvalue weighted by Crippen LogP contribution is -2.44. The molecule has 0 aliphatic heterocycles. The first-order valence-corrected chi connectivity index (χ1v) is 4.80. The third-order valence-corrected chi connectivity index (χ3v) is 2.53. The Bertz CT molecular complexity index is 319. The lowest BCUT2D eigenvalue weighted by atomic mass is 10.1. The highest BCUT2D eigenvalue weighted by Crippen LogP contribution is 2.19. The first-order valence-electron chi connectivity index (χ1n) is 3.92. The van der Waals surface area contributed by atoms with Crippen LogP contribution in [0.3, 0.4) is 0 Å². The van der Waals surface area contributed by atoms with Gasteiger partial charge in [0.1, 0.15) is 5.54 Å². The number of carbonyl (C=O) groups excluding carboxylic acids is 1. The van der Waals surface area contributed by atoms with Crippen molar-refractivity contribution in [3.8, 4) is 0 Å². The van der Waals surface area contributed by atoms with Crippen molar-refractivity contribution in [1.29, 1.82) is 0 Å². The van der Waals surface area contributed by atoms with Crippen molar-refractivity contribution in [3.63, 3.8) is 0 Å². The largest absolute Gasteiger partial charge is 0.368 e. The second-order valence-electron chi connectivity index (χ2n) is 3.41. The van der Waals surface area contributed by atoms with Crippen molar-refractivity contribution >= 4 is 22.4 Å². The molecule has 1 heterocycles. The number of nitrogens with zero attached hydrogens (tertiary/aromatic N) is 1. The zero-order valence-corrected chi connectivity index (χ0v) is 8.73. The number of anilines is 1. The highest BCUT2D eigenvalue weighted by atomic mass is 32.1. The molecule has 0 saturated heterocycles. The summed E-state index contributed by atoms with van der Waals surface area (Å²) in [4.78, 5) is 15.1. The molecular weight excluding hydrogens is 186 g/mol. The molecule has 0 unspecified atom stereocenters. The lowest BCUT2D eigenvalue weighted by Gasteiger charge is -2.21. The van der Waals surface area contributed by atoms with E-state index in [1.54, 1.807) is 13.8 Å². The molecule has 0 radical (unpaired) electrons. The van der Waals surface area contributed by atoms with Gasteiger partial charge in [-0.1, -0.05) is 0 Å². The Morgan fingerprint density at radius 2 is 2.31 bits per heavy atom. The van der Waals surface area contributed by atoms with Gasteiger partial charge in [0.2, 0.25) is 5.91 Å².